The molecular weight excluding hydrogens is 268 g/mol. The number of para-hydroxylation sites is 1. The first-order valence-electron chi connectivity index (χ1n) is 7.17. The normalized spacial score (nSPS) is 25.1. The van der Waals surface area contributed by atoms with Crippen LogP contribution in [0.5, 0.6) is 0 Å². The summed E-state index contributed by atoms with van der Waals surface area (Å²) in [7, 11) is 0. The van der Waals surface area contributed by atoms with Crippen LogP contribution in [-0.2, 0) is 11.2 Å². The van der Waals surface area contributed by atoms with Crippen molar-refractivity contribution in [1.82, 2.24) is 20.2 Å². The summed E-state index contributed by atoms with van der Waals surface area (Å²) in [6.45, 7) is 2.10. The van der Waals surface area contributed by atoms with Crippen LogP contribution >= 0.6 is 0 Å². The number of carboxylic acids is 1. The van der Waals surface area contributed by atoms with E-state index in [1.165, 1.54) is 0 Å². The lowest BCUT2D eigenvalue weighted by atomic mass is 9.81. The van der Waals surface area contributed by atoms with Crippen molar-refractivity contribution in [2.24, 2.45) is 11.3 Å². The van der Waals surface area contributed by atoms with Crippen molar-refractivity contribution in [2.45, 2.75) is 32.6 Å². The highest BCUT2D eigenvalue weighted by atomic mass is 16.4. The molecule has 0 amide bonds. The van der Waals surface area contributed by atoms with Crippen molar-refractivity contribution >= 4 is 5.97 Å². The van der Waals surface area contributed by atoms with Gasteiger partial charge in [0.2, 0.25) is 0 Å². The summed E-state index contributed by atoms with van der Waals surface area (Å²) in [6, 6.07) is 9.55. The van der Waals surface area contributed by atoms with Crippen molar-refractivity contribution in [3.63, 3.8) is 0 Å². The molecule has 110 valence electrons. The predicted octanol–water partition coefficient (Wildman–Crippen LogP) is 2.10. The second kappa shape index (κ2) is 5.27. The Kier molecular flexibility index (Phi) is 3.45. The first-order valence-corrected chi connectivity index (χ1v) is 7.17. The molecule has 1 heterocycles. The van der Waals surface area contributed by atoms with Gasteiger partial charge in [-0.15, -0.1) is 5.10 Å². The topological polar surface area (TPSA) is 80.9 Å². The molecule has 1 N–H and O–H groups in total. The summed E-state index contributed by atoms with van der Waals surface area (Å²) in [5.74, 6) is 0.300. The molecular formula is C15H18N4O2. The Morgan fingerprint density at radius 3 is 2.81 bits per heavy atom. The van der Waals surface area contributed by atoms with Crippen LogP contribution in [0.15, 0.2) is 30.3 Å². The first kappa shape index (κ1) is 13.7. The summed E-state index contributed by atoms with van der Waals surface area (Å²) in [4.78, 5) is 11.8. The lowest BCUT2D eigenvalue weighted by molar-refractivity contribution is -0.148. The SMILES string of the molecule is CC1CCC(Cc2nnnn2-c2ccccc2)(C(=O)O)C1. The third kappa shape index (κ3) is 2.53. The second-order valence-corrected chi connectivity index (χ2v) is 5.95. The zero-order valence-electron chi connectivity index (χ0n) is 11.9. The van der Waals surface area contributed by atoms with Gasteiger partial charge in [0.25, 0.3) is 0 Å². The average molecular weight is 286 g/mol. The summed E-state index contributed by atoms with van der Waals surface area (Å²) in [6.07, 6.45) is 2.68. The van der Waals surface area contributed by atoms with Gasteiger partial charge in [0, 0.05) is 6.42 Å². The Morgan fingerprint density at radius 2 is 2.19 bits per heavy atom. The summed E-state index contributed by atoms with van der Waals surface area (Å²) in [5.41, 5.74) is 0.116. The minimum Gasteiger partial charge on any atom is -0.481 e. The van der Waals surface area contributed by atoms with E-state index in [1.807, 2.05) is 30.3 Å². The monoisotopic (exact) mass is 286 g/mol. The maximum Gasteiger partial charge on any atom is 0.310 e. The third-order valence-electron chi connectivity index (χ3n) is 4.34. The number of aliphatic carboxylic acids is 1. The van der Waals surface area contributed by atoms with Gasteiger partial charge < -0.3 is 5.11 Å². The van der Waals surface area contributed by atoms with E-state index in [4.69, 9.17) is 0 Å². The number of hydrogen-bond acceptors (Lipinski definition) is 4. The quantitative estimate of drug-likeness (QED) is 0.930. The van der Waals surface area contributed by atoms with E-state index in [0.29, 0.717) is 31.0 Å². The van der Waals surface area contributed by atoms with Crippen LogP contribution < -0.4 is 0 Å². The number of aromatic nitrogens is 4. The van der Waals surface area contributed by atoms with Gasteiger partial charge in [-0.05, 0) is 47.7 Å². The zero-order valence-corrected chi connectivity index (χ0v) is 11.9. The van der Waals surface area contributed by atoms with Crippen LogP contribution in [0.1, 0.15) is 32.0 Å². The van der Waals surface area contributed by atoms with Crippen molar-refractivity contribution in [1.29, 1.82) is 0 Å². The Bertz CT molecular complexity index is 640. The van der Waals surface area contributed by atoms with Gasteiger partial charge in [-0.1, -0.05) is 25.1 Å². The minimum absolute atomic E-state index is 0.370. The molecule has 1 aliphatic rings. The van der Waals surface area contributed by atoms with Gasteiger partial charge in [0.05, 0.1) is 11.1 Å². The number of benzene rings is 1. The summed E-state index contributed by atoms with van der Waals surface area (Å²) < 4.78 is 1.63. The minimum atomic E-state index is -0.741. The third-order valence-corrected chi connectivity index (χ3v) is 4.34. The fourth-order valence-corrected chi connectivity index (χ4v) is 3.21. The average Bonchev–Trinajstić information content (AvgIpc) is 3.08. The van der Waals surface area contributed by atoms with E-state index in [1.54, 1.807) is 4.68 Å². The van der Waals surface area contributed by atoms with Crippen molar-refractivity contribution in [3.8, 4) is 5.69 Å². The van der Waals surface area contributed by atoms with Gasteiger partial charge in [-0.3, -0.25) is 4.79 Å². The van der Waals surface area contributed by atoms with E-state index in [9.17, 15) is 9.90 Å². The van der Waals surface area contributed by atoms with Gasteiger partial charge in [-0.2, -0.15) is 4.68 Å². The molecule has 2 atom stereocenters. The van der Waals surface area contributed by atoms with Crippen LogP contribution in [-0.4, -0.2) is 31.3 Å². The molecule has 6 heteroatoms. The molecule has 6 nitrogen and oxygen atoms in total. The number of hydrogen-bond donors (Lipinski definition) is 1. The molecule has 1 aliphatic carbocycles. The predicted molar refractivity (Wildman–Crippen MR) is 75.9 cm³/mol. The van der Waals surface area contributed by atoms with Gasteiger partial charge in [0.1, 0.15) is 0 Å². The molecule has 1 aromatic carbocycles. The molecule has 3 rings (SSSR count). The van der Waals surface area contributed by atoms with Crippen LogP contribution in [0.3, 0.4) is 0 Å². The molecule has 2 aromatic rings. The highest BCUT2D eigenvalue weighted by Crippen LogP contribution is 2.44. The highest BCUT2D eigenvalue weighted by Gasteiger charge is 2.45. The molecule has 1 fully saturated rings. The zero-order chi connectivity index (χ0) is 14.9. The van der Waals surface area contributed by atoms with E-state index >= 15 is 0 Å². The molecule has 1 saturated carbocycles. The Morgan fingerprint density at radius 1 is 1.43 bits per heavy atom. The molecule has 0 spiro atoms. The standard InChI is InChI=1S/C15H18N4O2/c1-11-7-8-15(9-11,14(20)21)10-13-16-17-18-19(13)12-5-3-2-4-6-12/h2-6,11H,7-10H2,1H3,(H,20,21). The van der Waals surface area contributed by atoms with E-state index in [2.05, 4.69) is 22.4 Å². The Hall–Kier alpha value is -2.24. The highest BCUT2D eigenvalue weighted by molar-refractivity contribution is 5.75. The lowest BCUT2D eigenvalue weighted by Crippen LogP contribution is -2.32. The number of rotatable bonds is 4. The molecule has 2 unspecified atom stereocenters. The fraction of sp³-hybridized carbons (Fsp3) is 0.467. The summed E-state index contributed by atoms with van der Waals surface area (Å²) >= 11 is 0. The van der Waals surface area contributed by atoms with E-state index in [-0.39, 0.29) is 0 Å². The van der Waals surface area contributed by atoms with E-state index in [0.717, 1.165) is 12.1 Å². The molecule has 0 radical (unpaired) electrons. The van der Waals surface area contributed by atoms with Gasteiger partial charge in [0.15, 0.2) is 5.82 Å². The number of carbonyl (C=O) groups is 1. The van der Waals surface area contributed by atoms with Crippen LogP contribution in [0.4, 0.5) is 0 Å². The Labute approximate surface area is 122 Å². The van der Waals surface area contributed by atoms with Crippen molar-refractivity contribution in [3.05, 3.63) is 36.2 Å². The van der Waals surface area contributed by atoms with Crippen molar-refractivity contribution < 1.29 is 9.90 Å². The number of tetrazole rings is 1. The second-order valence-electron chi connectivity index (χ2n) is 5.95. The largest absolute Gasteiger partial charge is 0.481 e. The van der Waals surface area contributed by atoms with Crippen molar-refractivity contribution in [2.75, 3.05) is 0 Å². The molecule has 0 bridgehead atoms. The summed E-state index contributed by atoms with van der Waals surface area (Å²) in [5, 5.41) is 21.4. The number of carboxylic acid groups (broad SMARTS) is 1. The maximum absolute atomic E-state index is 11.8. The lowest BCUT2D eigenvalue weighted by Gasteiger charge is -2.23. The van der Waals surface area contributed by atoms with Crippen LogP contribution in [0.25, 0.3) is 5.69 Å². The van der Waals surface area contributed by atoms with Gasteiger partial charge >= 0.3 is 5.97 Å². The molecule has 1 aromatic heterocycles. The fourth-order valence-electron chi connectivity index (χ4n) is 3.21. The first-order chi connectivity index (χ1) is 10.1. The molecule has 21 heavy (non-hydrogen) atoms. The molecule has 0 aliphatic heterocycles. The smallest absolute Gasteiger partial charge is 0.310 e. The van der Waals surface area contributed by atoms with E-state index < -0.39 is 11.4 Å². The molecule has 0 saturated heterocycles. The van der Waals surface area contributed by atoms with Crippen LogP contribution in [0.2, 0.25) is 0 Å². The van der Waals surface area contributed by atoms with Gasteiger partial charge in [-0.25, -0.2) is 0 Å². The number of nitrogens with zero attached hydrogens (tertiary/aromatic N) is 4. The maximum atomic E-state index is 11.8. The Balaban J connectivity index is 1.92. The van der Waals surface area contributed by atoms with Crippen LogP contribution in [0, 0.1) is 11.3 Å².